The molecule has 3 rings (SSSR count). The van der Waals surface area contributed by atoms with E-state index in [1.54, 1.807) is 0 Å². The second-order valence-corrected chi connectivity index (χ2v) is 5.21. The van der Waals surface area contributed by atoms with Crippen molar-refractivity contribution in [3.05, 3.63) is 41.2 Å². The Kier molecular flexibility index (Phi) is 2.28. The van der Waals surface area contributed by atoms with E-state index in [0.29, 0.717) is 4.83 Å². The van der Waals surface area contributed by atoms with Gasteiger partial charge in [0.2, 0.25) is 0 Å². The predicted molar refractivity (Wildman–Crippen MR) is 63.6 cm³/mol. The van der Waals surface area contributed by atoms with E-state index < -0.39 is 0 Å². The molecule has 0 amide bonds. The van der Waals surface area contributed by atoms with Gasteiger partial charge in [0.05, 0.1) is 6.04 Å². The molecule has 0 unspecified atom stereocenters. The van der Waals surface area contributed by atoms with Crippen molar-refractivity contribution in [3.63, 3.8) is 0 Å². The van der Waals surface area contributed by atoms with Crippen LogP contribution in [-0.4, -0.2) is 25.0 Å². The molecule has 1 aliphatic rings. The molecular weight excluding hydrogens is 268 g/mol. The van der Waals surface area contributed by atoms with Crippen LogP contribution in [0.1, 0.15) is 23.0 Å². The van der Waals surface area contributed by atoms with E-state index in [4.69, 9.17) is 0 Å². The van der Waals surface area contributed by atoms with Gasteiger partial charge in [-0.1, -0.05) is 40.2 Å². The van der Waals surface area contributed by atoms with Crippen LogP contribution in [0.15, 0.2) is 24.3 Å². The van der Waals surface area contributed by atoms with Crippen LogP contribution in [0.25, 0.3) is 0 Å². The lowest BCUT2D eigenvalue weighted by molar-refractivity contribution is 0.506. The van der Waals surface area contributed by atoms with Crippen LogP contribution in [0.4, 0.5) is 0 Å². The zero-order valence-corrected chi connectivity index (χ0v) is 10.4. The lowest BCUT2D eigenvalue weighted by Gasteiger charge is -2.15. The number of fused-ring (bicyclic) bond motifs is 1. The smallest absolute Gasteiger partial charge is 0.148 e. The number of rotatable bonds is 1. The van der Waals surface area contributed by atoms with Crippen molar-refractivity contribution in [1.29, 1.82) is 0 Å². The highest BCUT2D eigenvalue weighted by Gasteiger charge is 2.33. The highest BCUT2D eigenvalue weighted by Crippen LogP contribution is 2.38. The molecule has 0 aliphatic heterocycles. The number of benzene rings is 1. The fourth-order valence-corrected chi connectivity index (χ4v) is 3.16. The molecule has 1 heterocycles. The summed E-state index contributed by atoms with van der Waals surface area (Å²) in [6, 6.07) is 8.68. The van der Waals surface area contributed by atoms with Crippen molar-refractivity contribution in [2.45, 2.75) is 24.2 Å². The first-order chi connectivity index (χ1) is 7.77. The van der Waals surface area contributed by atoms with Crippen molar-refractivity contribution >= 4 is 15.9 Å². The van der Waals surface area contributed by atoms with Gasteiger partial charge in [-0.05, 0) is 34.9 Å². The molecule has 0 spiro atoms. The number of aromatic nitrogens is 4. The Balaban J connectivity index is 2.12. The summed E-state index contributed by atoms with van der Waals surface area (Å²) in [6.45, 7) is 1.93. The summed E-state index contributed by atoms with van der Waals surface area (Å²) in [6.07, 6.45) is 1.03. The zero-order chi connectivity index (χ0) is 11.1. The maximum atomic E-state index is 4.07. The van der Waals surface area contributed by atoms with Crippen molar-refractivity contribution in [2.24, 2.45) is 0 Å². The average Bonchev–Trinajstić information content (AvgIpc) is 2.81. The Morgan fingerprint density at radius 2 is 2.19 bits per heavy atom. The molecule has 1 aromatic heterocycles. The van der Waals surface area contributed by atoms with Gasteiger partial charge in [0, 0.05) is 4.83 Å². The molecule has 82 valence electrons. The van der Waals surface area contributed by atoms with Crippen LogP contribution in [0.3, 0.4) is 0 Å². The normalized spacial score (nSPS) is 23.4. The molecule has 16 heavy (non-hydrogen) atoms. The minimum absolute atomic E-state index is 0.214. The van der Waals surface area contributed by atoms with E-state index in [1.165, 1.54) is 11.1 Å². The van der Waals surface area contributed by atoms with Crippen LogP contribution in [-0.2, 0) is 6.42 Å². The number of hydrogen-bond acceptors (Lipinski definition) is 3. The maximum Gasteiger partial charge on any atom is 0.148 e. The van der Waals surface area contributed by atoms with Crippen LogP contribution in [0.5, 0.6) is 0 Å². The summed E-state index contributed by atoms with van der Waals surface area (Å²) in [7, 11) is 0. The van der Waals surface area contributed by atoms with Gasteiger partial charge in [0.15, 0.2) is 0 Å². The van der Waals surface area contributed by atoms with E-state index in [2.05, 4.69) is 55.7 Å². The van der Waals surface area contributed by atoms with E-state index in [9.17, 15) is 0 Å². The quantitative estimate of drug-likeness (QED) is 0.749. The first kappa shape index (κ1) is 9.96. The minimum Gasteiger partial charge on any atom is -0.221 e. The SMILES string of the molecule is Cc1nnnn1[C@@H]1c2ccccc2C[C@H]1Br. The average molecular weight is 279 g/mol. The molecule has 2 atom stereocenters. The standard InChI is InChI=1S/C11H11BrN4/c1-7-13-14-15-16(7)11-9-5-3-2-4-8(9)6-10(11)12/h2-5,10-11H,6H2,1H3/t10-,11-/m1/s1. The van der Waals surface area contributed by atoms with Gasteiger partial charge in [-0.2, -0.15) is 0 Å². The van der Waals surface area contributed by atoms with E-state index in [0.717, 1.165) is 12.2 Å². The maximum absolute atomic E-state index is 4.07. The molecule has 0 N–H and O–H groups in total. The Labute approximate surface area is 102 Å². The number of tetrazole rings is 1. The van der Waals surface area contributed by atoms with E-state index in [1.807, 2.05) is 11.6 Å². The third-order valence-corrected chi connectivity index (χ3v) is 3.88. The molecule has 5 heteroatoms. The topological polar surface area (TPSA) is 43.6 Å². The zero-order valence-electron chi connectivity index (χ0n) is 8.84. The molecule has 0 saturated heterocycles. The molecule has 0 bridgehead atoms. The highest BCUT2D eigenvalue weighted by atomic mass is 79.9. The summed E-state index contributed by atoms with van der Waals surface area (Å²) in [5.41, 5.74) is 2.70. The van der Waals surface area contributed by atoms with Gasteiger partial charge < -0.3 is 0 Å². The highest BCUT2D eigenvalue weighted by molar-refractivity contribution is 9.09. The van der Waals surface area contributed by atoms with Crippen molar-refractivity contribution < 1.29 is 0 Å². The van der Waals surface area contributed by atoms with E-state index >= 15 is 0 Å². The number of aryl methyl sites for hydroxylation is 1. The fraction of sp³-hybridized carbons (Fsp3) is 0.364. The molecule has 0 saturated carbocycles. The van der Waals surface area contributed by atoms with Crippen LogP contribution >= 0.6 is 15.9 Å². The molecular formula is C11H11BrN4. The molecule has 1 aromatic carbocycles. The lowest BCUT2D eigenvalue weighted by atomic mass is 10.1. The van der Waals surface area contributed by atoms with Crippen LogP contribution < -0.4 is 0 Å². The van der Waals surface area contributed by atoms with E-state index in [-0.39, 0.29) is 6.04 Å². The van der Waals surface area contributed by atoms with Crippen LogP contribution in [0, 0.1) is 6.92 Å². The van der Waals surface area contributed by atoms with Crippen molar-refractivity contribution in [2.75, 3.05) is 0 Å². The number of nitrogens with zero attached hydrogens (tertiary/aromatic N) is 4. The number of hydrogen-bond donors (Lipinski definition) is 0. The van der Waals surface area contributed by atoms with Gasteiger partial charge in [0.1, 0.15) is 5.82 Å². The van der Waals surface area contributed by atoms with Gasteiger partial charge in [-0.25, -0.2) is 4.68 Å². The molecule has 1 aliphatic carbocycles. The first-order valence-electron chi connectivity index (χ1n) is 5.23. The van der Waals surface area contributed by atoms with Gasteiger partial charge in [-0.3, -0.25) is 0 Å². The molecule has 4 nitrogen and oxygen atoms in total. The summed E-state index contributed by atoms with van der Waals surface area (Å²) in [4.78, 5) is 0.368. The van der Waals surface area contributed by atoms with Gasteiger partial charge in [0.25, 0.3) is 0 Å². The minimum atomic E-state index is 0.214. The second-order valence-electron chi connectivity index (χ2n) is 4.03. The monoisotopic (exact) mass is 278 g/mol. The summed E-state index contributed by atoms with van der Waals surface area (Å²) in [5, 5.41) is 11.7. The molecule has 0 fully saturated rings. The summed E-state index contributed by atoms with van der Waals surface area (Å²) in [5.74, 6) is 0.853. The molecule has 0 radical (unpaired) electrons. The van der Waals surface area contributed by atoms with Gasteiger partial charge in [-0.15, -0.1) is 5.10 Å². The largest absolute Gasteiger partial charge is 0.221 e. The lowest BCUT2D eigenvalue weighted by Crippen LogP contribution is -2.19. The Morgan fingerprint density at radius 1 is 1.38 bits per heavy atom. The predicted octanol–water partition coefficient (Wildman–Crippen LogP) is 1.89. The number of alkyl halides is 1. The Hall–Kier alpha value is -1.23. The van der Waals surface area contributed by atoms with Crippen molar-refractivity contribution in [1.82, 2.24) is 20.2 Å². The first-order valence-corrected chi connectivity index (χ1v) is 6.15. The molecule has 2 aromatic rings. The third-order valence-electron chi connectivity index (χ3n) is 3.05. The fourth-order valence-electron chi connectivity index (χ4n) is 2.31. The Bertz CT molecular complexity index is 522. The Morgan fingerprint density at radius 3 is 2.94 bits per heavy atom. The van der Waals surface area contributed by atoms with Crippen LogP contribution in [0.2, 0.25) is 0 Å². The second kappa shape index (κ2) is 3.66. The summed E-state index contributed by atoms with van der Waals surface area (Å²) >= 11 is 3.72. The number of halogens is 1. The van der Waals surface area contributed by atoms with Gasteiger partial charge >= 0.3 is 0 Å². The summed E-state index contributed by atoms with van der Waals surface area (Å²) < 4.78 is 1.89. The van der Waals surface area contributed by atoms with Crippen molar-refractivity contribution in [3.8, 4) is 0 Å². The third kappa shape index (κ3) is 1.38.